The zero-order valence-electron chi connectivity index (χ0n) is 10.0. The Hall–Kier alpha value is -2.14. The van der Waals surface area contributed by atoms with Crippen LogP contribution in [-0.4, -0.2) is 27.6 Å². The number of benzene rings is 1. The van der Waals surface area contributed by atoms with Crippen LogP contribution in [0.15, 0.2) is 36.7 Å². The predicted octanol–water partition coefficient (Wildman–Crippen LogP) is 2.48. The highest BCUT2D eigenvalue weighted by molar-refractivity contribution is 6.29. The van der Waals surface area contributed by atoms with Gasteiger partial charge in [0, 0.05) is 6.54 Å². The second-order valence-electron chi connectivity index (χ2n) is 3.91. The van der Waals surface area contributed by atoms with E-state index >= 15 is 0 Å². The molecule has 2 aromatic rings. The van der Waals surface area contributed by atoms with Crippen LogP contribution in [0.4, 0.5) is 5.82 Å². The summed E-state index contributed by atoms with van der Waals surface area (Å²) in [6, 6.07) is 6.85. The Morgan fingerprint density at radius 2 is 2.21 bits per heavy atom. The SMILES string of the molecule is O=C(O)c1cccc(CCNc2cncc(Cl)n2)c1. The van der Waals surface area contributed by atoms with Crippen molar-refractivity contribution in [2.75, 3.05) is 11.9 Å². The Kier molecular flexibility index (Phi) is 4.30. The van der Waals surface area contributed by atoms with Gasteiger partial charge in [-0.3, -0.25) is 4.98 Å². The molecule has 2 rings (SSSR count). The van der Waals surface area contributed by atoms with Crippen LogP contribution in [0.25, 0.3) is 0 Å². The average molecular weight is 278 g/mol. The molecule has 0 saturated carbocycles. The van der Waals surface area contributed by atoms with Crippen molar-refractivity contribution >= 4 is 23.4 Å². The minimum atomic E-state index is -0.921. The lowest BCUT2D eigenvalue weighted by Crippen LogP contribution is -2.07. The van der Waals surface area contributed by atoms with Crippen molar-refractivity contribution in [3.8, 4) is 0 Å². The highest BCUT2D eigenvalue weighted by Crippen LogP contribution is 2.09. The van der Waals surface area contributed by atoms with E-state index in [4.69, 9.17) is 16.7 Å². The lowest BCUT2D eigenvalue weighted by Gasteiger charge is -2.06. The highest BCUT2D eigenvalue weighted by atomic mass is 35.5. The van der Waals surface area contributed by atoms with Gasteiger partial charge in [-0.15, -0.1) is 0 Å². The monoisotopic (exact) mass is 277 g/mol. The third-order valence-electron chi connectivity index (χ3n) is 2.50. The molecule has 0 radical (unpaired) electrons. The molecule has 0 bridgehead atoms. The van der Waals surface area contributed by atoms with E-state index in [0.717, 1.165) is 5.56 Å². The summed E-state index contributed by atoms with van der Waals surface area (Å²) in [6.07, 6.45) is 3.73. The molecule has 0 aliphatic heterocycles. The number of carboxylic acid groups (broad SMARTS) is 1. The van der Waals surface area contributed by atoms with Crippen molar-refractivity contribution < 1.29 is 9.90 Å². The smallest absolute Gasteiger partial charge is 0.335 e. The summed E-state index contributed by atoms with van der Waals surface area (Å²) in [7, 11) is 0. The second-order valence-corrected chi connectivity index (χ2v) is 4.30. The number of carboxylic acids is 1. The molecule has 0 amide bonds. The molecule has 0 saturated heterocycles. The van der Waals surface area contributed by atoms with Crippen molar-refractivity contribution in [2.24, 2.45) is 0 Å². The number of carbonyl (C=O) groups is 1. The fourth-order valence-corrected chi connectivity index (χ4v) is 1.77. The van der Waals surface area contributed by atoms with E-state index in [1.165, 1.54) is 6.20 Å². The number of nitrogens with one attached hydrogen (secondary N) is 1. The van der Waals surface area contributed by atoms with Crippen LogP contribution in [-0.2, 0) is 6.42 Å². The van der Waals surface area contributed by atoms with Crippen LogP contribution >= 0.6 is 11.6 Å². The van der Waals surface area contributed by atoms with E-state index in [1.54, 1.807) is 24.4 Å². The van der Waals surface area contributed by atoms with Crippen LogP contribution in [0.5, 0.6) is 0 Å². The molecule has 98 valence electrons. The van der Waals surface area contributed by atoms with Gasteiger partial charge >= 0.3 is 5.97 Å². The first-order valence-electron chi connectivity index (χ1n) is 5.69. The Balaban J connectivity index is 1.92. The van der Waals surface area contributed by atoms with E-state index in [-0.39, 0.29) is 0 Å². The summed E-state index contributed by atoms with van der Waals surface area (Å²) in [4.78, 5) is 18.8. The van der Waals surface area contributed by atoms with Gasteiger partial charge in [0.05, 0.1) is 18.0 Å². The summed E-state index contributed by atoms with van der Waals surface area (Å²) in [5, 5.41) is 12.3. The standard InChI is InChI=1S/C13H12ClN3O2/c14-11-7-15-8-12(17-11)16-5-4-9-2-1-3-10(6-9)13(18)19/h1-3,6-8H,4-5H2,(H,16,17)(H,18,19). The number of aromatic nitrogens is 2. The lowest BCUT2D eigenvalue weighted by atomic mass is 10.1. The highest BCUT2D eigenvalue weighted by Gasteiger charge is 2.03. The zero-order valence-corrected chi connectivity index (χ0v) is 10.8. The molecule has 0 fully saturated rings. The number of rotatable bonds is 5. The fraction of sp³-hybridized carbons (Fsp3) is 0.154. The van der Waals surface area contributed by atoms with Crippen LogP contribution < -0.4 is 5.32 Å². The van der Waals surface area contributed by atoms with Crippen LogP contribution in [0.3, 0.4) is 0 Å². The van der Waals surface area contributed by atoms with E-state index < -0.39 is 5.97 Å². The molecule has 0 unspecified atom stereocenters. The van der Waals surface area contributed by atoms with Gasteiger partial charge in [-0.25, -0.2) is 9.78 Å². The van der Waals surface area contributed by atoms with Gasteiger partial charge in [0.15, 0.2) is 0 Å². The molecule has 1 aromatic heterocycles. The minimum Gasteiger partial charge on any atom is -0.478 e. The maximum Gasteiger partial charge on any atom is 0.335 e. The van der Waals surface area contributed by atoms with Gasteiger partial charge in [-0.2, -0.15) is 0 Å². The topological polar surface area (TPSA) is 75.1 Å². The van der Waals surface area contributed by atoms with Gasteiger partial charge in [0.1, 0.15) is 11.0 Å². The van der Waals surface area contributed by atoms with Crippen LogP contribution in [0.2, 0.25) is 5.15 Å². The first-order valence-corrected chi connectivity index (χ1v) is 6.06. The van der Waals surface area contributed by atoms with Crippen molar-refractivity contribution in [2.45, 2.75) is 6.42 Å². The summed E-state index contributed by atoms with van der Waals surface area (Å²) in [5.74, 6) is -0.322. The third kappa shape index (κ3) is 3.93. The zero-order chi connectivity index (χ0) is 13.7. The minimum absolute atomic E-state index is 0.292. The Morgan fingerprint density at radius 3 is 2.95 bits per heavy atom. The molecule has 6 heteroatoms. The summed E-state index contributed by atoms with van der Waals surface area (Å²) in [6.45, 7) is 0.623. The largest absolute Gasteiger partial charge is 0.478 e. The van der Waals surface area contributed by atoms with E-state index in [2.05, 4.69) is 15.3 Å². The van der Waals surface area contributed by atoms with Gasteiger partial charge < -0.3 is 10.4 Å². The van der Waals surface area contributed by atoms with Crippen molar-refractivity contribution in [3.63, 3.8) is 0 Å². The Labute approximate surface area is 115 Å². The predicted molar refractivity (Wildman–Crippen MR) is 72.6 cm³/mol. The van der Waals surface area contributed by atoms with Crippen LogP contribution in [0, 0.1) is 0 Å². The van der Waals surface area contributed by atoms with E-state index in [0.29, 0.717) is 29.5 Å². The molecule has 0 atom stereocenters. The average Bonchev–Trinajstić information content (AvgIpc) is 2.39. The molecule has 0 aliphatic rings. The second kappa shape index (κ2) is 6.15. The summed E-state index contributed by atoms with van der Waals surface area (Å²) < 4.78 is 0. The number of aromatic carboxylic acids is 1. The van der Waals surface area contributed by atoms with Gasteiger partial charge in [0.25, 0.3) is 0 Å². The summed E-state index contributed by atoms with van der Waals surface area (Å²) in [5.41, 5.74) is 1.24. The molecule has 5 nitrogen and oxygen atoms in total. The number of anilines is 1. The number of hydrogen-bond acceptors (Lipinski definition) is 4. The molecule has 2 N–H and O–H groups in total. The van der Waals surface area contributed by atoms with Gasteiger partial charge in [-0.05, 0) is 24.1 Å². The maximum absolute atomic E-state index is 10.8. The number of halogens is 1. The Bertz CT molecular complexity index is 590. The normalized spacial score (nSPS) is 10.2. The first kappa shape index (κ1) is 13.3. The van der Waals surface area contributed by atoms with Gasteiger partial charge in [0.2, 0.25) is 0 Å². The van der Waals surface area contributed by atoms with Crippen molar-refractivity contribution in [3.05, 3.63) is 52.9 Å². The quantitative estimate of drug-likeness (QED) is 0.878. The maximum atomic E-state index is 10.8. The molecular formula is C13H12ClN3O2. The molecule has 1 heterocycles. The Morgan fingerprint density at radius 1 is 1.37 bits per heavy atom. The van der Waals surface area contributed by atoms with Crippen molar-refractivity contribution in [1.82, 2.24) is 9.97 Å². The number of nitrogens with zero attached hydrogens (tertiary/aromatic N) is 2. The third-order valence-corrected chi connectivity index (χ3v) is 2.68. The molecular weight excluding hydrogens is 266 g/mol. The van der Waals surface area contributed by atoms with E-state index in [9.17, 15) is 4.79 Å². The molecule has 1 aromatic carbocycles. The van der Waals surface area contributed by atoms with Crippen molar-refractivity contribution in [1.29, 1.82) is 0 Å². The number of hydrogen-bond donors (Lipinski definition) is 2. The summed E-state index contributed by atoms with van der Waals surface area (Å²) >= 11 is 5.72. The molecule has 0 aliphatic carbocycles. The fourth-order valence-electron chi connectivity index (χ4n) is 1.62. The van der Waals surface area contributed by atoms with Crippen LogP contribution in [0.1, 0.15) is 15.9 Å². The lowest BCUT2D eigenvalue weighted by molar-refractivity contribution is 0.0697. The first-order chi connectivity index (χ1) is 9.15. The van der Waals surface area contributed by atoms with E-state index in [1.807, 2.05) is 6.07 Å². The molecule has 19 heavy (non-hydrogen) atoms. The molecule has 0 spiro atoms. The van der Waals surface area contributed by atoms with Gasteiger partial charge in [-0.1, -0.05) is 23.7 Å².